The number of aryl methyl sites for hydroxylation is 2. The van der Waals surface area contributed by atoms with E-state index in [9.17, 15) is 0 Å². The summed E-state index contributed by atoms with van der Waals surface area (Å²) in [5.41, 5.74) is 4.74. The van der Waals surface area contributed by atoms with Crippen molar-refractivity contribution in [1.82, 2.24) is 9.88 Å². The SMILES string of the molecule is Cc1ccc(CN2CC3(CC(OCc4cccc(C)n4)CCO3)C2)cc1. The van der Waals surface area contributed by atoms with E-state index in [1.807, 2.05) is 25.1 Å². The van der Waals surface area contributed by atoms with Gasteiger partial charge in [0.1, 0.15) is 0 Å². The number of ether oxygens (including phenoxy) is 2. The molecule has 1 aromatic heterocycles. The molecule has 2 aliphatic heterocycles. The summed E-state index contributed by atoms with van der Waals surface area (Å²) in [5.74, 6) is 0. The van der Waals surface area contributed by atoms with Gasteiger partial charge in [-0.3, -0.25) is 9.88 Å². The normalized spacial score (nSPS) is 22.3. The van der Waals surface area contributed by atoms with Crippen molar-refractivity contribution < 1.29 is 9.47 Å². The van der Waals surface area contributed by atoms with Crippen LogP contribution < -0.4 is 0 Å². The number of rotatable bonds is 5. The van der Waals surface area contributed by atoms with Crippen LogP contribution in [0.2, 0.25) is 0 Å². The lowest BCUT2D eigenvalue weighted by Gasteiger charge is -2.53. The van der Waals surface area contributed by atoms with E-state index in [0.717, 1.165) is 50.5 Å². The van der Waals surface area contributed by atoms with Crippen molar-refractivity contribution in [2.75, 3.05) is 19.7 Å². The minimum atomic E-state index is -0.00630. The standard InChI is InChI=1S/C22H28N2O2/c1-17-6-8-19(9-7-17)13-24-15-22(16-24)12-21(10-11-26-22)25-14-20-5-3-4-18(2)23-20/h3-9,21H,10-16H2,1-2H3. The summed E-state index contributed by atoms with van der Waals surface area (Å²) in [6.45, 7) is 8.55. The van der Waals surface area contributed by atoms with E-state index in [1.165, 1.54) is 11.1 Å². The van der Waals surface area contributed by atoms with Gasteiger partial charge in [0, 0.05) is 38.4 Å². The first-order valence-electron chi connectivity index (χ1n) is 9.56. The second kappa shape index (κ2) is 7.47. The van der Waals surface area contributed by atoms with Gasteiger partial charge in [-0.25, -0.2) is 0 Å². The van der Waals surface area contributed by atoms with Crippen LogP contribution in [-0.4, -0.2) is 41.3 Å². The van der Waals surface area contributed by atoms with E-state index in [0.29, 0.717) is 6.61 Å². The number of hydrogen-bond donors (Lipinski definition) is 0. The Labute approximate surface area is 156 Å². The average molecular weight is 352 g/mol. The van der Waals surface area contributed by atoms with Crippen LogP contribution in [0.3, 0.4) is 0 Å². The lowest BCUT2D eigenvalue weighted by Crippen LogP contribution is -2.65. The van der Waals surface area contributed by atoms with Gasteiger partial charge in [0.2, 0.25) is 0 Å². The number of pyridine rings is 1. The zero-order valence-corrected chi connectivity index (χ0v) is 15.8. The zero-order valence-electron chi connectivity index (χ0n) is 15.8. The van der Waals surface area contributed by atoms with Gasteiger partial charge in [0.05, 0.1) is 24.0 Å². The topological polar surface area (TPSA) is 34.6 Å². The third-order valence-electron chi connectivity index (χ3n) is 5.41. The fourth-order valence-corrected chi connectivity index (χ4v) is 4.06. The summed E-state index contributed by atoms with van der Waals surface area (Å²) in [5, 5.41) is 0. The molecule has 2 fully saturated rings. The van der Waals surface area contributed by atoms with E-state index < -0.39 is 0 Å². The molecule has 138 valence electrons. The van der Waals surface area contributed by atoms with Crippen molar-refractivity contribution in [3.8, 4) is 0 Å². The van der Waals surface area contributed by atoms with Gasteiger partial charge in [0.15, 0.2) is 0 Å². The van der Waals surface area contributed by atoms with Crippen molar-refractivity contribution in [1.29, 1.82) is 0 Å². The Kier molecular flexibility index (Phi) is 5.07. The van der Waals surface area contributed by atoms with Crippen molar-refractivity contribution in [2.45, 2.75) is 51.5 Å². The van der Waals surface area contributed by atoms with Crippen LogP contribution in [0, 0.1) is 13.8 Å². The maximum Gasteiger partial charge on any atom is 0.0959 e. The Hall–Kier alpha value is -1.75. The van der Waals surface area contributed by atoms with Crippen LogP contribution in [0.1, 0.15) is 35.4 Å². The Morgan fingerprint density at radius 3 is 2.73 bits per heavy atom. The maximum atomic E-state index is 6.16. The summed E-state index contributed by atoms with van der Waals surface area (Å²) in [6.07, 6.45) is 2.24. The summed E-state index contributed by atoms with van der Waals surface area (Å²) in [4.78, 5) is 7.00. The van der Waals surface area contributed by atoms with Gasteiger partial charge in [-0.1, -0.05) is 35.9 Å². The van der Waals surface area contributed by atoms with Crippen LogP contribution in [-0.2, 0) is 22.6 Å². The summed E-state index contributed by atoms with van der Waals surface area (Å²) < 4.78 is 12.3. The summed E-state index contributed by atoms with van der Waals surface area (Å²) in [6, 6.07) is 14.9. The Balaban J connectivity index is 1.27. The van der Waals surface area contributed by atoms with Crippen LogP contribution in [0.15, 0.2) is 42.5 Å². The first kappa shape index (κ1) is 17.7. The first-order valence-corrected chi connectivity index (χ1v) is 9.56. The molecule has 1 aromatic carbocycles. The van der Waals surface area contributed by atoms with E-state index in [-0.39, 0.29) is 11.7 Å². The molecule has 0 radical (unpaired) electrons. The van der Waals surface area contributed by atoms with Crippen molar-refractivity contribution in [3.63, 3.8) is 0 Å². The molecule has 2 aromatic rings. The molecular formula is C22H28N2O2. The molecule has 3 heterocycles. The minimum absolute atomic E-state index is 0.00630. The monoisotopic (exact) mass is 352 g/mol. The number of hydrogen-bond acceptors (Lipinski definition) is 4. The number of benzene rings is 1. The lowest BCUT2D eigenvalue weighted by molar-refractivity contribution is -0.200. The molecular weight excluding hydrogens is 324 g/mol. The zero-order chi connectivity index (χ0) is 18.0. The third-order valence-corrected chi connectivity index (χ3v) is 5.41. The summed E-state index contributed by atoms with van der Waals surface area (Å²) in [7, 11) is 0. The molecule has 4 nitrogen and oxygen atoms in total. The first-order chi connectivity index (χ1) is 12.6. The van der Waals surface area contributed by atoms with Crippen LogP contribution in [0.5, 0.6) is 0 Å². The highest BCUT2D eigenvalue weighted by atomic mass is 16.5. The van der Waals surface area contributed by atoms with Gasteiger partial charge >= 0.3 is 0 Å². The molecule has 0 N–H and O–H groups in total. The molecule has 0 saturated carbocycles. The minimum Gasteiger partial charge on any atom is -0.372 e. The lowest BCUT2D eigenvalue weighted by atomic mass is 9.84. The quantitative estimate of drug-likeness (QED) is 0.823. The van der Waals surface area contributed by atoms with E-state index >= 15 is 0 Å². The second-order valence-electron chi connectivity index (χ2n) is 7.86. The van der Waals surface area contributed by atoms with Gasteiger partial charge in [-0.15, -0.1) is 0 Å². The molecule has 1 atom stereocenters. The number of nitrogens with zero attached hydrogens (tertiary/aromatic N) is 2. The molecule has 4 rings (SSSR count). The Morgan fingerprint density at radius 1 is 1.15 bits per heavy atom. The predicted molar refractivity (Wildman–Crippen MR) is 102 cm³/mol. The molecule has 1 unspecified atom stereocenters. The van der Waals surface area contributed by atoms with Crippen molar-refractivity contribution >= 4 is 0 Å². The number of aromatic nitrogens is 1. The fraction of sp³-hybridized carbons (Fsp3) is 0.500. The second-order valence-corrected chi connectivity index (χ2v) is 7.86. The Morgan fingerprint density at radius 2 is 1.96 bits per heavy atom. The highest BCUT2D eigenvalue weighted by molar-refractivity contribution is 5.22. The molecule has 1 spiro atoms. The van der Waals surface area contributed by atoms with Gasteiger partial charge in [-0.05, 0) is 38.0 Å². The molecule has 0 aliphatic carbocycles. The van der Waals surface area contributed by atoms with Crippen LogP contribution >= 0.6 is 0 Å². The molecule has 2 aliphatic rings. The van der Waals surface area contributed by atoms with E-state index in [1.54, 1.807) is 0 Å². The molecule has 2 saturated heterocycles. The largest absolute Gasteiger partial charge is 0.372 e. The third kappa shape index (κ3) is 4.14. The summed E-state index contributed by atoms with van der Waals surface area (Å²) >= 11 is 0. The molecule has 0 amide bonds. The van der Waals surface area contributed by atoms with Crippen LogP contribution in [0.25, 0.3) is 0 Å². The van der Waals surface area contributed by atoms with E-state index in [2.05, 4.69) is 41.1 Å². The van der Waals surface area contributed by atoms with E-state index in [4.69, 9.17) is 9.47 Å². The molecule has 26 heavy (non-hydrogen) atoms. The smallest absolute Gasteiger partial charge is 0.0959 e. The van der Waals surface area contributed by atoms with Crippen LogP contribution in [0.4, 0.5) is 0 Å². The highest BCUT2D eigenvalue weighted by Crippen LogP contribution is 2.36. The number of likely N-dealkylation sites (tertiary alicyclic amines) is 1. The van der Waals surface area contributed by atoms with Crippen molar-refractivity contribution in [3.05, 3.63) is 65.0 Å². The predicted octanol–water partition coefficient (Wildman–Crippen LogP) is 3.65. The average Bonchev–Trinajstić information content (AvgIpc) is 2.61. The van der Waals surface area contributed by atoms with Crippen molar-refractivity contribution in [2.24, 2.45) is 0 Å². The molecule has 0 bridgehead atoms. The molecule has 4 heteroatoms. The van der Waals surface area contributed by atoms with Gasteiger partial charge in [0.25, 0.3) is 0 Å². The Bertz CT molecular complexity index is 738. The maximum absolute atomic E-state index is 6.16. The van der Waals surface area contributed by atoms with Gasteiger partial charge in [-0.2, -0.15) is 0 Å². The fourth-order valence-electron chi connectivity index (χ4n) is 4.06. The van der Waals surface area contributed by atoms with Gasteiger partial charge < -0.3 is 9.47 Å². The highest BCUT2D eigenvalue weighted by Gasteiger charge is 2.47.